The highest BCUT2D eigenvalue weighted by Crippen LogP contribution is 2.47. The number of hydrazine groups is 1. The van der Waals surface area contributed by atoms with Crippen molar-refractivity contribution in [1.82, 2.24) is 10.4 Å². The van der Waals surface area contributed by atoms with Crippen LogP contribution >= 0.6 is 0 Å². The molecule has 1 saturated heterocycles. The molecule has 104 valence electrons. The van der Waals surface area contributed by atoms with Crippen LogP contribution in [-0.4, -0.2) is 17.2 Å². The zero-order valence-corrected chi connectivity index (χ0v) is 11.6. The smallest absolute Gasteiger partial charge is 0.0686 e. The van der Waals surface area contributed by atoms with Crippen molar-refractivity contribution in [2.45, 2.75) is 50.7 Å². The predicted molar refractivity (Wildman–Crippen MR) is 74.3 cm³/mol. The van der Waals surface area contributed by atoms with E-state index in [-0.39, 0.29) is 11.6 Å². The molecule has 19 heavy (non-hydrogen) atoms. The second-order valence-corrected chi connectivity index (χ2v) is 6.01. The third kappa shape index (κ3) is 2.40. The molecule has 1 aromatic heterocycles. The molecule has 0 amide bonds. The van der Waals surface area contributed by atoms with E-state index in [4.69, 9.17) is 10.6 Å². The first kappa shape index (κ1) is 13.0. The van der Waals surface area contributed by atoms with E-state index in [1.807, 2.05) is 12.4 Å². The molecule has 0 radical (unpaired) electrons. The lowest BCUT2D eigenvalue weighted by Gasteiger charge is -2.48. The highest BCUT2D eigenvalue weighted by atomic mass is 16.5. The van der Waals surface area contributed by atoms with E-state index in [9.17, 15) is 0 Å². The van der Waals surface area contributed by atoms with E-state index < -0.39 is 0 Å². The van der Waals surface area contributed by atoms with Crippen LogP contribution in [0, 0.1) is 12.8 Å². The van der Waals surface area contributed by atoms with Crippen LogP contribution in [0.3, 0.4) is 0 Å². The summed E-state index contributed by atoms with van der Waals surface area (Å²) in [5.41, 5.74) is 5.68. The molecule has 0 aromatic carbocycles. The Bertz CT molecular complexity index is 445. The molecule has 2 atom stereocenters. The highest BCUT2D eigenvalue weighted by Gasteiger charge is 2.44. The monoisotopic (exact) mass is 261 g/mol. The minimum atomic E-state index is 0.166. The zero-order chi connectivity index (χ0) is 13.3. The largest absolute Gasteiger partial charge is 0.375 e. The number of ether oxygens (including phenoxy) is 1. The topological polar surface area (TPSA) is 60.2 Å². The predicted octanol–water partition coefficient (Wildman–Crippen LogP) is 2.24. The van der Waals surface area contributed by atoms with Crippen LogP contribution in [0.5, 0.6) is 0 Å². The first-order chi connectivity index (χ1) is 9.24. The lowest BCUT2D eigenvalue weighted by molar-refractivity contribution is -0.147. The SMILES string of the molecule is Cc1cnccc1C(NN)C1CCOC2(CCC2)C1. The van der Waals surface area contributed by atoms with Gasteiger partial charge in [-0.15, -0.1) is 0 Å². The molecule has 4 heteroatoms. The second kappa shape index (κ2) is 5.19. The molecule has 2 aliphatic rings. The van der Waals surface area contributed by atoms with Gasteiger partial charge in [0.25, 0.3) is 0 Å². The average molecular weight is 261 g/mol. The Kier molecular flexibility index (Phi) is 3.56. The molecule has 1 spiro atoms. The van der Waals surface area contributed by atoms with Gasteiger partial charge in [0, 0.05) is 25.0 Å². The second-order valence-electron chi connectivity index (χ2n) is 6.01. The fourth-order valence-electron chi connectivity index (χ4n) is 3.58. The number of pyridine rings is 1. The van der Waals surface area contributed by atoms with Gasteiger partial charge in [0.2, 0.25) is 0 Å². The third-order valence-corrected chi connectivity index (χ3v) is 4.85. The van der Waals surface area contributed by atoms with Crippen LogP contribution in [0.2, 0.25) is 0 Å². The summed E-state index contributed by atoms with van der Waals surface area (Å²) in [7, 11) is 0. The number of aryl methyl sites for hydroxylation is 1. The van der Waals surface area contributed by atoms with E-state index in [1.165, 1.54) is 30.4 Å². The van der Waals surface area contributed by atoms with E-state index in [1.54, 1.807) is 0 Å². The fraction of sp³-hybridized carbons (Fsp3) is 0.667. The summed E-state index contributed by atoms with van der Waals surface area (Å²) in [5, 5.41) is 0. The van der Waals surface area contributed by atoms with Gasteiger partial charge in [-0.1, -0.05) is 0 Å². The van der Waals surface area contributed by atoms with Crippen LogP contribution in [0.15, 0.2) is 18.5 Å². The van der Waals surface area contributed by atoms with E-state index in [0.29, 0.717) is 5.92 Å². The molecular formula is C15H23N3O. The Morgan fingerprint density at radius 3 is 3.00 bits per heavy atom. The first-order valence-corrected chi connectivity index (χ1v) is 7.25. The van der Waals surface area contributed by atoms with Gasteiger partial charge in [0.05, 0.1) is 5.60 Å². The lowest BCUT2D eigenvalue weighted by atomic mass is 9.69. The van der Waals surface area contributed by atoms with Gasteiger partial charge in [0.1, 0.15) is 0 Å². The summed E-state index contributed by atoms with van der Waals surface area (Å²) in [6.45, 7) is 2.97. The Balaban J connectivity index is 1.80. The van der Waals surface area contributed by atoms with Crippen LogP contribution in [0.4, 0.5) is 0 Å². The van der Waals surface area contributed by atoms with E-state index >= 15 is 0 Å². The Morgan fingerprint density at radius 2 is 2.37 bits per heavy atom. The van der Waals surface area contributed by atoms with Gasteiger partial charge in [-0.3, -0.25) is 16.3 Å². The summed E-state index contributed by atoms with van der Waals surface area (Å²) < 4.78 is 6.01. The van der Waals surface area contributed by atoms with Gasteiger partial charge < -0.3 is 4.74 Å². The van der Waals surface area contributed by atoms with Gasteiger partial charge in [-0.2, -0.15) is 0 Å². The quantitative estimate of drug-likeness (QED) is 0.647. The molecule has 1 aliphatic carbocycles. The number of hydrogen-bond acceptors (Lipinski definition) is 4. The highest BCUT2D eigenvalue weighted by molar-refractivity contribution is 5.26. The van der Waals surface area contributed by atoms with Crippen molar-refractivity contribution in [3.63, 3.8) is 0 Å². The van der Waals surface area contributed by atoms with Crippen molar-refractivity contribution in [2.24, 2.45) is 11.8 Å². The van der Waals surface area contributed by atoms with Crippen LogP contribution in [0.25, 0.3) is 0 Å². The van der Waals surface area contributed by atoms with Gasteiger partial charge in [-0.25, -0.2) is 0 Å². The summed E-state index contributed by atoms with van der Waals surface area (Å²) in [6, 6.07) is 2.30. The summed E-state index contributed by atoms with van der Waals surface area (Å²) in [5.74, 6) is 6.40. The van der Waals surface area contributed by atoms with Crippen LogP contribution in [0.1, 0.15) is 49.3 Å². The number of nitrogens with two attached hydrogens (primary N) is 1. The number of rotatable bonds is 3. The van der Waals surface area contributed by atoms with Crippen molar-refractivity contribution in [1.29, 1.82) is 0 Å². The standard InChI is InChI=1S/C15H23N3O/c1-11-10-17-7-3-13(11)14(18-16)12-4-8-19-15(9-12)5-2-6-15/h3,7,10,12,14,18H,2,4-6,8-9,16H2,1H3. The van der Waals surface area contributed by atoms with Crippen molar-refractivity contribution in [3.8, 4) is 0 Å². The Labute approximate surface area is 114 Å². The van der Waals surface area contributed by atoms with E-state index in [0.717, 1.165) is 19.4 Å². The maximum atomic E-state index is 6.01. The number of hydrogen-bond donors (Lipinski definition) is 2. The Morgan fingerprint density at radius 1 is 1.53 bits per heavy atom. The van der Waals surface area contributed by atoms with Crippen LogP contribution < -0.4 is 11.3 Å². The minimum Gasteiger partial charge on any atom is -0.375 e. The molecule has 3 N–H and O–H groups in total. The normalized spacial score (nSPS) is 26.9. The number of nitrogens with one attached hydrogen (secondary N) is 1. The maximum absolute atomic E-state index is 6.01. The first-order valence-electron chi connectivity index (χ1n) is 7.25. The van der Waals surface area contributed by atoms with Gasteiger partial charge >= 0.3 is 0 Å². The average Bonchev–Trinajstić information content (AvgIpc) is 2.40. The third-order valence-electron chi connectivity index (χ3n) is 4.85. The molecule has 1 aromatic rings. The van der Waals surface area contributed by atoms with Gasteiger partial charge in [0.15, 0.2) is 0 Å². The van der Waals surface area contributed by atoms with Crippen molar-refractivity contribution >= 4 is 0 Å². The zero-order valence-electron chi connectivity index (χ0n) is 11.6. The molecule has 3 rings (SSSR count). The molecule has 2 heterocycles. The lowest BCUT2D eigenvalue weighted by Crippen LogP contribution is -2.48. The molecule has 0 bridgehead atoms. The molecule has 1 aliphatic heterocycles. The minimum absolute atomic E-state index is 0.166. The van der Waals surface area contributed by atoms with E-state index in [2.05, 4.69) is 23.4 Å². The summed E-state index contributed by atoms with van der Waals surface area (Å²) in [4.78, 5) is 4.17. The number of aromatic nitrogens is 1. The van der Waals surface area contributed by atoms with Crippen LogP contribution in [-0.2, 0) is 4.74 Å². The maximum Gasteiger partial charge on any atom is 0.0686 e. The molecular weight excluding hydrogens is 238 g/mol. The molecule has 1 saturated carbocycles. The Hall–Kier alpha value is -0.970. The molecule has 2 unspecified atom stereocenters. The van der Waals surface area contributed by atoms with Gasteiger partial charge in [-0.05, 0) is 62.1 Å². The summed E-state index contributed by atoms with van der Waals surface area (Å²) in [6.07, 6.45) is 9.72. The molecule has 4 nitrogen and oxygen atoms in total. The van der Waals surface area contributed by atoms with Crippen molar-refractivity contribution in [2.75, 3.05) is 6.61 Å². The van der Waals surface area contributed by atoms with Crippen molar-refractivity contribution in [3.05, 3.63) is 29.6 Å². The fourth-order valence-corrected chi connectivity index (χ4v) is 3.58. The summed E-state index contributed by atoms with van der Waals surface area (Å²) >= 11 is 0. The number of nitrogens with zero attached hydrogens (tertiary/aromatic N) is 1. The molecule has 2 fully saturated rings. The van der Waals surface area contributed by atoms with Crippen molar-refractivity contribution < 1.29 is 4.74 Å².